The topological polar surface area (TPSA) is 22.1 Å². The van der Waals surface area contributed by atoms with Crippen LogP contribution in [0.3, 0.4) is 0 Å². The van der Waals surface area contributed by atoms with E-state index in [0.717, 1.165) is 91.7 Å². The van der Waals surface area contributed by atoms with E-state index in [1.165, 1.54) is 57.8 Å². The Kier molecular flexibility index (Phi) is 25.6. The summed E-state index contributed by atoms with van der Waals surface area (Å²) >= 11 is 0. The number of nitrogens with zero attached hydrogens (tertiary/aromatic N) is 1. The highest BCUT2D eigenvalue weighted by atomic mass is 19.1. The molecule has 7 fully saturated rings. The van der Waals surface area contributed by atoms with E-state index in [-0.39, 0.29) is 23.4 Å². The summed E-state index contributed by atoms with van der Waals surface area (Å²) in [6, 6.07) is 6.00. The van der Waals surface area contributed by atoms with Gasteiger partial charge in [-0.1, -0.05) is 143 Å². The first-order chi connectivity index (χ1) is 28.7. The van der Waals surface area contributed by atoms with Gasteiger partial charge in [-0.3, -0.25) is 9.37 Å². The molecule has 5 heteroatoms. The molecule has 0 spiro atoms. The van der Waals surface area contributed by atoms with Crippen molar-refractivity contribution < 1.29 is 17.9 Å². The van der Waals surface area contributed by atoms with E-state index in [4.69, 9.17) is 4.74 Å². The Hall–Kier alpha value is -1.10. The normalized spacial score (nSPS) is 22.2. The van der Waals surface area contributed by atoms with Gasteiger partial charge < -0.3 is 4.74 Å². The van der Waals surface area contributed by atoms with Crippen LogP contribution in [-0.2, 0) is 4.74 Å². The summed E-state index contributed by atoms with van der Waals surface area (Å²) in [4.78, 5) is 4.18. The fourth-order valence-corrected chi connectivity index (χ4v) is 8.00. The van der Waals surface area contributed by atoms with Crippen LogP contribution >= 0.6 is 0 Å². The van der Waals surface area contributed by atoms with Crippen LogP contribution in [0.15, 0.2) is 24.4 Å². The zero-order valence-corrected chi connectivity index (χ0v) is 44.7. The maximum Gasteiger partial charge on any atom is 0.113 e. The molecule has 1 aromatic rings. The SMILES string of the molecule is CC(C)C1(C(C)F)CC1.CC(C)C1(C)CC1.CC(C)C1(CF)CC1.CC(C)C1(F)CC1.CC(C)C1CC1.CC(C)C1CCC1.CC(C)c1ccccn1.COCC1(C(C)C)CC1. The first-order valence-corrected chi connectivity index (χ1v) is 26.0. The largest absolute Gasteiger partial charge is 0.384 e. The molecule has 62 heavy (non-hydrogen) atoms. The lowest BCUT2D eigenvalue weighted by molar-refractivity contribution is 0.115. The predicted octanol–water partition coefficient (Wildman–Crippen LogP) is 18.5. The van der Waals surface area contributed by atoms with Crippen LogP contribution in [-0.4, -0.2) is 37.2 Å². The number of rotatable bonds is 12. The Morgan fingerprint density at radius 3 is 1.13 bits per heavy atom. The van der Waals surface area contributed by atoms with Gasteiger partial charge in [-0.05, 0) is 166 Å². The molecule has 0 N–H and O–H groups in total. The Balaban J connectivity index is 0.000000355. The molecule has 1 heterocycles. The van der Waals surface area contributed by atoms with Crippen molar-refractivity contribution in [3.63, 3.8) is 0 Å². The second kappa shape index (κ2) is 26.9. The average Bonchev–Trinajstić information content (AvgIpc) is 3.95. The zero-order valence-electron chi connectivity index (χ0n) is 44.7. The van der Waals surface area contributed by atoms with Gasteiger partial charge in [0, 0.05) is 29.8 Å². The molecule has 0 aromatic carbocycles. The Bertz CT molecular complexity index is 1240. The second-order valence-corrected chi connectivity index (χ2v) is 24.0. The summed E-state index contributed by atoms with van der Waals surface area (Å²) in [6.45, 7) is 40.0. The monoisotopic (exact) mass is 878 g/mol. The lowest BCUT2D eigenvalue weighted by Gasteiger charge is -2.28. The van der Waals surface area contributed by atoms with Crippen LogP contribution in [0.5, 0.6) is 0 Å². The van der Waals surface area contributed by atoms with E-state index in [0.29, 0.717) is 23.2 Å². The van der Waals surface area contributed by atoms with Crippen molar-refractivity contribution in [2.45, 2.75) is 239 Å². The second-order valence-electron chi connectivity index (χ2n) is 24.0. The van der Waals surface area contributed by atoms with Gasteiger partial charge in [-0.15, -0.1) is 0 Å². The van der Waals surface area contributed by atoms with Gasteiger partial charge in [0.05, 0.1) is 13.3 Å². The molecule has 1 aromatic heterocycles. The standard InChI is InChI=1S/C8H15F.C8H11N.C8H16O.C7H13F.2C7H14.C6H11F.C6H12/c1-6(2)8(4-5-8)7(3)9;1-7(2)8-5-3-4-6-9-8;1-7(2)8(4-5-8)6-9-3;1-6(2)7(5-8)3-4-7;1-6(2)7(3)4-5-7;1-6(2)7-4-3-5-7;1-5(2)6(7)3-4-6;1-5(2)6-3-4-6/h6-7H,4-5H2,1-3H3;3-7H,1-2H3;7H,4-6H2,1-3H3;6H,3-5H2,1-2H3;6H,4-5H2,1-3H3;6-7H,3-5H2,1-2H3;5H,3-4H2,1-2H3;5-6H,3-4H2,1-2H3. The van der Waals surface area contributed by atoms with Crippen molar-refractivity contribution in [2.75, 3.05) is 20.4 Å². The molecule has 2 nitrogen and oxygen atoms in total. The van der Waals surface area contributed by atoms with E-state index in [1.54, 1.807) is 14.0 Å². The molecule has 7 aliphatic rings. The molecule has 1 unspecified atom stereocenters. The quantitative estimate of drug-likeness (QED) is 0.209. The van der Waals surface area contributed by atoms with Gasteiger partial charge in [0.1, 0.15) is 11.8 Å². The Morgan fingerprint density at radius 2 is 1.06 bits per heavy atom. The first kappa shape index (κ1) is 58.9. The van der Waals surface area contributed by atoms with Crippen LogP contribution in [0.25, 0.3) is 0 Å². The van der Waals surface area contributed by atoms with Gasteiger partial charge >= 0.3 is 0 Å². The highest BCUT2D eigenvalue weighted by molar-refractivity contribution is 5.07. The minimum atomic E-state index is -0.750. The van der Waals surface area contributed by atoms with Gasteiger partial charge in [0.25, 0.3) is 0 Å². The van der Waals surface area contributed by atoms with Crippen molar-refractivity contribution in [3.8, 4) is 0 Å². The number of methoxy groups -OCH3 is 1. The fourth-order valence-electron chi connectivity index (χ4n) is 8.00. The fraction of sp³-hybridized carbons (Fsp3) is 0.912. The summed E-state index contributed by atoms with van der Waals surface area (Å²) in [5.41, 5.74) is 1.95. The maximum atomic E-state index is 12.8. The molecule has 7 saturated carbocycles. The molecule has 1 atom stereocenters. The molecule has 0 aliphatic heterocycles. The highest BCUT2D eigenvalue weighted by Crippen LogP contribution is 2.56. The number of alkyl halides is 3. The van der Waals surface area contributed by atoms with Gasteiger partial charge in [0.15, 0.2) is 0 Å². The molecule has 0 saturated heterocycles. The summed E-state index contributed by atoms with van der Waals surface area (Å²) in [6.07, 6.45) is 20.4. The van der Waals surface area contributed by atoms with Crippen molar-refractivity contribution in [3.05, 3.63) is 30.1 Å². The molecular weight excluding hydrogens is 772 g/mol. The van der Waals surface area contributed by atoms with E-state index in [9.17, 15) is 13.2 Å². The lowest BCUT2D eigenvalue weighted by Crippen LogP contribution is -2.19. The summed E-state index contributed by atoms with van der Waals surface area (Å²) in [5, 5.41) is 0. The van der Waals surface area contributed by atoms with Gasteiger partial charge in [0.2, 0.25) is 0 Å². The van der Waals surface area contributed by atoms with Crippen LogP contribution in [0.1, 0.15) is 233 Å². The number of hydrogen-bond donors (Lipinski definition) is 0. The molecule has 0 amide bonds. The molecule has 8 rings (SSSR count). The number of pyridine rings is 1. The van der Waals surface area contributed by atoms with Crippen LogP contribution in [0.4, 0.5) is 13.2 Å². The molecule has 0 bridgehead atoms. The minimum absolute atomic E-state index is 0.0833. The van der Waals surface area contributed by atoms with E-state index < -0.39 is 11.8 Å². The Labute approximate surface area is 385 Å². The number of aromatic nitrogens is 1. The van der Waals surface area contributed by atoms with Crippen molar-refractivity contribution in [1.82, 2.24) is 4.98 Å². The van der Waals surface area contributed by atoms with Gasteiger partial charge in [-0.25, -0.2) is 8.78 Å². The average molecular weight is 878 g/mol. The number of ether oxygens (including phenoxy) is 1. The van der Waals surface area contributed by atoms with Crippen molar-refractivity contribution in [2.24, 2.45) is 74.9 Å². The van der Waals surface area contributed by atoms with Gasteiger partial charge in [-0.2, -0.15) is 0 Å². The van der Waals surface area contributed by atoms with E-state index in [2.05, 4.69) is 109 Å². The summed E-state index contributed by atoms with van der Waals surface area (Å²) < 4.78 is 42.6. The third-order valence-electron chi connectivity index (χ3n) is 16.8. The highest BCUT2D eigenvalue weighted by Gasteiger charge is 2.50. The molecular formula is C57H106F3NO. The smallest absolute Gasteiger partial charge is 0.113 e. The van der Waals surface area contributed by atoms with Crippen LogP contribution in [0.2, 0.25) is 0 Å². The first-order valence-electron chi connectivity index (χ1n) is 26.0. The molecule has 366 valence electrons. The maximum absolute atomic E-state index is 12.8. The predicted molar refractivity (Wildman–Crippen MR) is 266 cm³/mol. The van der Waals surface area contributed by atoms with E-state index in [1.807, 2.05) is 38.2 Å². The molecule has 7 aliphatic carbocycles. The summed E-state index contributed by atoms with van der Waals surface area (Å²) in [5.74, 6) is 7.68. The lowest BCUT2D eigenvalue weighted by atomic mass is 9.78. The third kappa shape index (κ3) is 21.5. The Morgan fingerprint density at radius 1 is 0.597 bits per heavy atom. The third-order valence-corrected chi connectivity index (χ3v) is 16.8. The van der Waals surface area contributed by atoms with Crippen LogP contribution < -0.4 is 0 Å². The zero-order chi connectivity index (χ0) is 47.7. The van der Waals surface area contributed by atoms with Crippen molar-refractivity contribution in [1.29, 1.82) is 0 Å². The summed E-state index contributed by atoms with van der Waals surface area (Å²) in [7, 11) is 1.79. The molecule has 0 radical (unpaired) electrons. The minimum Gasteiger partial charge on any atom is -0.384 e. The van der Waals surface area contributed by atoms with Crippen molar-refractivity contribution >= 4 is 0 Å². The number of hydrogen-bond acceptors (Lipinski definition) is 2. The van der Waals surface area contributed by atoms with Crippen LogP contribution in [0, 0.1) is 74.9 Å². The van der Waals surface area contributed by atoms with E-state index >= 15 is 0 Å². The number of halogens is 3.